The average Bonchev–Trinajstić information content (AvgIpc) is 2.88. The largest absolute Gasteiger partial charge is 0.467 e. The SMILES string of the molecule is CC1Cc2cc(N(c3cccs3)S(C)(=O)=O)ccc2NC(=S)O1.[HH]. The molecule has 1 aliphatic heterocycles. The number of rotatable bonds is 3. The molecule has 0 amide bonds. The fourth-order valence-electron chi connectivity index (χ4n) is 2.54. The molecule has 2 heterocycles. The van der Waals surface area contributed by atoms with Gasteiger partial charge in [-0.1, -0.05) is 0 Å². The molecule has 124 valence electrons. The molecular formula is C15H18N2O3S3. The van der Waals surface area contributed by atoms with E-state index in [0.717, 1.165) is 11.3 Å². The summed E-state index contributed by atoms with van der Waals surface area (Å²) in [4.78, 5) is 0. The lowest BCUT2D eigenvalue weighted by Crippen LogP contribution is -2.24. The molecule has 3 rings (SSSR count). The van der Waals surface area contributed by atoms with Crippen LogP contribution in [0.5, 0.6) is 0 Å². The molecule has 23 heavy (non-hydrogen) atoms. The molecule has 0 bridgehead atoms. The van der Waals surface area contributed by atoms with E-state index in [1.54, 1.807) is 12.1 Å². The van der Waals surface area contributed by atoms with Crippen LogP contribution >= 0.6 is 23.6 Å². The van der Waals surface area contributed by atoms with E-state index in [9.17, 15) is 8.42 Å². The van der Waals surface area contributed by atoms with Gasteiger partial charge in [-0.3, -0.25) is 0 Å². The van der Waals surface area contributed by atoms with Crippen molar-refractivity contribution in [2.45, 2.75) is 19.4 Å². The van der Waals surface area contributed by atoms with Gasteiger partial charge in [0.2, 0.25) is 10.0 Å². The molecule has 1 N–H and O–H groups in total. The van der Waals surface area contributed by atoms with Crippen molar-refractivity contribution in [3.8, 4) is 0 Å². The van der Waals surface area contributed by atoms with Gasteiger partial charge in [0.05, 0.1) is 11.9 Å². The summed E-state index contributed by atoms with van der Waals surface area (Å²) in [6.45, 7) is 1.93. The maximum atomic E-state index is 12.3. The first-order valence-corrected chi connectivity index (χ1v) is 10.1. The molecule has 2 aromatic rings. The molecular weight excluding hydrogens is 352 g/mol. The zero-order chi connectivity index (χ0) is 16.6. The predicted molar refractivity (Wildman–Crippen MR) is 100 cm³/mol. The van der Waals surface area contributed by atoms with E-state index in [4.69, 9.17) is 17.0 Å². The van der Waals surface area contributed by atoms with Gasteiger partial charge < -0.3 is 10.1 Å². The van der Waals surface area contributed by atoms with E-state index in [0.29, 0.717) is 22.3 Å². The highest BCUT2D eigenvalue weighted by molar-refractivity contribution is 7.92. The summed E-state index contributed by atoms with van der Waals surface area (Å²) in [6, 6.07) is 9.10. The number of hydrogen-bond acceptors (Lipinski definition) is 5. The third-order valence-corrected chi connectivity index (χ3v) is 5.65. The van der Waals surface area contributed by atoms with Crippen LogP contribution < -0.4 is 9.62 Å². The fourth-order valence-corrected chi connectivity index (χ4v) is 4.89. The first-order valence-electron chi connectivity index (χ1n) is 6.99. The predicted octanol–water partition coefficient (Wildman–Crippen LogP) is 3.75. The van der Waals surface area contributed by atoms with Gasteiger partial charge in [-0.2, -0.15) is 0 Å². The number of hydrogen-bond donors (Lipinski definition) is 1. The van der Waals surface area contributed by atoms with Crippen LogP contribution in [-0.2, 0) is 21.2 Å². The summed E-state index contributed by atoms with van der Waals surface area (Å²) < 4.78 is 31.4. The molecule has 0 saturated heterocycles. The number of benzene rings is 1. The number of anilines is 3. The van der Waals surface area contributed by atoms with Crippen molar-refractivity contribution in [3.63, 3.8) is 0 Å². The van der Waals surface area contributed by atoms with Crippen molar-refractivity contribution in [2.24, 2.45) is 0 Å². The summed E-state index contributed by atoms with van der Waals surface area (Å²) in [6.07, 6.45) is 1.79. The van der Waals surface area contributed by atoms with Gasteiger partial charge in [-0.25, -0.2) is 12.7 Å². The lowest BCUT2D eigenvalue weighted by molar-refractivity contribution is 0.217. The maximum absolute atomic E-state index is 12.3. The van der Waals surface area contributed by atoms with Crippen molar-refractivity contribution < 1.29 is 14.6 Å². The van der Waals surface area contributed by atoms with Gasteiger partial charge in [0.15, 0.2) is 0 Å². The Bertz CT molecular complexity index is 838. The van der Waals surface area contributed by atoms with Crippen LogP contribution in [0.1, 0.15) is 13.9 Å². The summed E-state index contributed by atoms with van der Waals surface area (Å²) in [5.41, 5.74) is 2.43. The molecule has 0 radical (unpaired) electrons. The number of thiophene rings is 1. The highest BCUT2D eigenvalue weighted by Gasteiger charge is 2.23. The molecule has 5 nitrogen and oxygen atoms in total. The average molecular weight is 371 g/mol. The van der Waals surface area contributed by atoms with Crippen LogP contribution in [0.15, 0.2) is 35.7 Å². The summed E-state index contributed by atoms with van der Waals surface area (Å²) >= 11 is 6.50. The van der Waals surface area contributed by atoms with E-state index in [2.05, 4.69) is 5.32 Å². The third kappa shape index (κ3) is 3.49. The second kappa shape index (κ2) is 6.10. The molecule has 1 aliphatic rings. The number of nitrogens with one attached hydrogen (secondary N) is 1. The molecule has 1 unspecified atom stereocenters. The summed E-state index contributed by atoms with van der Waals surface area (Å²) in [5.74, 6) is 0. The molecule has 0 aliphatic carbocycles. The van der Waals surface area contributed by atoms with Crippen molar-refractivity contribution in [1.82, 2.24) is 0 Å². The van der Waals surface area contributed by atoms with Gasteiger partial charge in [0.1, 0.15) is 11.1 Å². The zero-order valence-electron chi connectivity index (χ0n) is 12.6. The van der Waals surface area contributed by atoms with Crippen molar-refractivity contribution >= 4 is 55.1 Å². The lowest BCUT2D eigenvalue weighted by atomic mass is 10.1. The Hall–Kier alpha value is -1.64. The number of fused-ring (bicyclic) bond motifs is 1. The maximum Gasteiger partial charge on any atom is 0.261 e. The van der Waals surface area contributed by atoms with Gasteiger partial charge in [0, 0.05) is 13.5 Å². The summed E-state index contributed by atoms with van der Waals surface area (Å²) in [5, 5.41) is 5.89. The number of ether oxygens (including phenoxy) is 1. The molecule has 8 heteroatoms. The Morgan fingerprint density at radius 3 is 2.87 bits per heavy atom. The van der Waals surface area contributed by atoms with Crippen LogP contribution in [0.4, 0.5) is 16.4 Å². The first kappa shape index (κ1) is 16.2. The van der Waals surface area contributed by atoms with Crippen LogP contribution in [0.25, 0.3) is 0 Å². The second-order valence-electron chi connectivity index (χ2n) is 5.37. The second-order valence-corrected chi connectivity index (χ2v) is 8.49. The van der Waals surface area contributed by atoms with Crippen molar-refractivity contribution in [1.29, 1.82) is 0 Å². The minimum Gasteiger partial charge on any atom is -0.467 e. The van der Waals surface area contributed by atoms with Crippen molar-refractivity contribution in [2.75, 3.05) is 15.9 Å². The number of sulfonamides is 1. The molecule has 0 spiro atoms. The quantitative estimate of drug-likeness (QED) is 0.834. The molecule has 1 aromatic carbocycles. The fraction of sp³-hybridized carbons (Fsp3) is 0.267. The number of nitrogens with zero attached hydrogens (tertiary/aromatic N) is 1. The monoisotopic (exact) mass is 370 g/mol. The standard InChI is InChI=1S/C15H16N2O3S3.H2/c1-10-8-11-9-12(5-6-13(11)16-15(21)20-10)17(23(2,18)19)14-4-3-7-22-14;/h3-7,9-10H,8H2,1-2H3,(H,16,21);1H. The van der Waals surface area contributed by atoms with Crippen LogP contribution in [0, 0.1) is 0 Å². The van der Waals surface area contributed by atoms with Crippen LogP contribution in [-0.4, -0.2) is 26.0 Å². The normalized spacial score (nSPS) is 17.7. The minimum atomic E-state index is -3.43. The Balaban J connectivity index is 0.00000208. The molecule has 0 fully saturated rings. The van der Waals surface area contributed by atoms with Crippen LogP contribution in [0.2, 0.25) is 0 Å². The van der Waals surface area contributed by atoms with E-state index in [1.165, 1.54) is 21.9 Å². The Morgan fingerprint density at radius 2 is 2.22 bits per heavy atom. The topological polar surface area (TPSA) is 58.6 Å². The summed E-state index contributed by atoms with van der Waals surface area (Å²) in [7, 11) is -3.43. The Labute approximate surface area is 146 Å². The van der Waals surface area contributed by atoms with Crippen molar-refractivity contribution in [3.05, 3.63) is 41.3 Å². The molecule has 1 aromatic heterocycles. The van der Waals surface area contributed by atoms with Crippen LogP contribution in [0.3, 0.4) is 0 Å². The van der Waals surface area contributed by atoms with E-state index < -0.39 is 10.0 Å². The van der Waals surface area contributed by atoms with Gasteiger partial charge in [-0.15, -0.1) is 11.3 Å². The Morgan fingerprint density at radius 1 is 1.43 bits per heavy atom. The number of thiocarbonyl (C=S) groups is 1. The van der Waals surface area contributed by atoms with Gasteiger partial charge >= 0.3 is 0 Å². The minimum absolute atomic E-state index is 0. The van der Waals surface area contributed by atoms with Gasteiger partial charge in [-0.05, 0) is 60.4 Å². The van der Waals surface area contributed by atoms with E-state index in [1.807, 2.05) is 30.5 Å². The van der Waals surface area contributed by atoms with E-state index >= 15 is 0 Å². The molecule has 1 atom stereocenters. The van der Waals surface area contributed by atoms with Gasteiger partial charge in [0.25, 0.3) is 5.17 Å². The van der Waals surface area contributed by atoms with E-state index in [-0.39, 0.29) is 7.53 Å². The smallest absolute Gasteiger partial charge is 0.261 e. The highest BCUT2D eigenvalue weighted by Crippen LogP contribution is 2.35. The Kier molecular flexibility index (Phi) is 4.31. The lowest BCUT2D eigenvalue weighted by Gasteiger charge is -2.22. The zero-order valence-corrected chi connectivity index (χ0v) is 15.1. The third-order valence-electron chi connectivity index (χ3n) is 3.41. The molecule has 0 saturated carbocycles. The highest BCUT2D eigenvalue weighted by atomic mass is 32.2. The first-order chi connectivity index (χ1) is 10.8.